The zero-order valence-electron chi connectivity index (χ0n) is 14.3. The molecule has 138 valence electrons. The maximum Gasteiger partial charge on any atom is 0.316 e. The number of alkyl halides is 2. The molecule has 0 aliphatic heterocycles. The normalized spacial score (nSPS) is 11.1. The second-order valence-electron chi connectivity index (χ2n) is 5.25. The van der Waals surface area contributed by atoms with E-state index in [1.165, 1.54) is 19.2 Å². The van der Waals surface area contributed by atoms with Crippen molar-refractivity contribution < 1.29 is 18.3 Å². The molecule has 0 N–H and O–H groups in total. The van der Waals surface area contributed by atoms with Crippen molar-refractivity contribution in [2.75, 3.05) is 13.7 Å². The van der Waals surface area contributed by atoms with Gasteiger partial charge in [0.15, 0.2) is 0 Å². The summed E-state index contributed by atoms with van der Waals surface area (Å²) in [6.45, 7) is 0.234. The lowest BCUT2D eigenvalue weighted by atomic mass is 10.2. The summed E-state index contributed by atoms with van der Waals surface area (Å²) < 4.78 is 35.3. The molecule has 0 amide bonds. The van der Waals surface area contributed by atoms with Crippen LogP contribution in [0.4, 0.5) is 8.78 Å². The average molecular weight is 371 g/mol. The van der Waals surface area contributed by atoms with Crippen LogP contribution in [-0.4, -0.2) is 38.9 Å². The fraction of sp³-hybridized carbons (Fsp3) is 0.167. The summed E-state index contributed by atoms with van der Waals surface area (Å²) >= 11 is 0. The van der Waals surface area contributed by atoms with E-state index in [2.05, 4.69) is 25.1 Å². The van der Waals surface area contributed by atoms with Crippen molar-refractivity contribution in [2.24, 2.45) is 0 Å². The average Bonchev–Trinajstić information content (AvgIpc) is 2.72. The molecule has 9 heteroatoms. The predicted molar refractivity (Wildman–Crippen MR) is 93.3 cm³/mol. The third-order valence-electron chi connectivity index (χ3n) is 3.42. The zero-order chi connectivity index (χ0) is 19.1. The quantitative estimate of drug-likeness (QED) is 0.630. The molecule has 0 aliphatic rings. The maximum absolute atomic E-state index is 12.5. The highest BCUT2D eigenvalue weighted by molar-refractivity contribution is 5.56. The van der Waals surface area contributed by atoms with Gasteiger partial charge in [-0.2, -0.15) is 0 Å². The first kappa shape index (κ1) is 18.3. The fourth-order valence-electron chi connectivity index (χ4n) is 2.05. The van der Waals surface area contributed by atoms with E-state index >= 15 is 0 Å². The minimum atomic E-state index is -2.52. The van der Waals surface area contributed by atoms with Crippen LogP contribution in [0.3, 0.4) is 0 Å². The standard InChI is InChI=1S/C18H15F2N5O2/c1-26-18-22-10-13(11-23-18)15-6-7-16(25-24-15)27-8-2-3-14-5-4-12(9-21-14)17(19)20/h2-7,9-11,17H,8H2,1H3/b3-2-. The van der Waals surface area contributed by atoms with Gasteiger partial charge in [-0.05, 0) is 30.4 Å². The summed E-state index contributed by atoms with van der Waals surface area (Å²) in [5, 5.41) is 8.05. The summed E-state index contributed by atoms with van der Waals surface area (Å²) in [5.41, 5.74) is 1.75. The van der Waals surface area contributed by atoms with Crippen LogP contribution in [0.2, 0.25) is 0 Å². The summed E-state index contributed by atoms with van der Waals surface area (Å²) in [7, 11) is 1.49. The van der Waals surface area contributed by atoms with Gasteiger partial charge in [0, 0.05) is 35.8 Å². The van der Waals surface area contributed by atoms with Crippen LogP contribution in [0.1, 0.15) is 17.7 Å². The third-order valence-corrected chi connectivity index (χ3v) is 3.42. The van der Waals surface area contributed by atoms with E-state index < -0.39 is 6.43 Å². The topological polar surface area (TPSA) is 82.9 Å². The number of rotatable bonds is 7. The van der Waals surface area contributed by atoms with Gasteiger partial charge in [-0.25, -0.2) is 18.7 Å². The molecule has 27 heavy (non-hydrogen) atoms. The zero-order valence-corrected chi connectivity index (χ0v) is 14.3. The largest absolute Gasteiger partial charge is 0.472 e. The molecule has 0 radical (unpaired) electrons. The first-order chi connectivity index (χ1) is 13.2. The van der Waals surface area contributed by atoms with Gasteiger partial charge in [-0.3, -0.25) is 4.98 Å². The van der Waals surface area contributed by atoms with Crippen LogP contribution >= 0.6 is 0 Å². The van der Waals surface area contributed by atoms with Gasteiger partial charge in [0.1, 0.15) is 6.61 Å². The van der Waals surface area contributed by atoms with E-state index in [9.17, 15) is 8.78 Å². The van der Waals surface area contributed by atoms with E-state index in [0.29, 0.717) is 22.8 Å². The lowest BCUT2D eigenvalue weighted by Gasteiger charge is -2.03. The summed E-state index contributed by atoms with van der Waals surface area (Å²) in [5.74, 6) is 0.346. The Balaban J connectivity index is 1.53. The highest BCUT2D eigenvalue weighted by atomic mass is 19.3. The van der Waals surface area contributed by atoms with Gasteiger partial charge in [0.2, 0.25) is 5.88 Å². The minimum absolute atomic E-state index is 0.110. The molecule has 3 aromatic heterocycles. The molecule has 0 aromatic carbocycles. The second kappa shape index (κ2) is 8.75. The highest BCUT2D eigenvalue weighted by Gasteiger charge is 2.06. The number of halogens is 2. The second-order valence-corrected chi connectivity index (χ2v) is 5.25. The van der Waals surface area contributed by atoms with Crippen molar-refractivity contribution in [3.63, 3.8) is 0 Å². The Morgan fingerprint density at radius 3 is 2.41 bits per heavy atom. The monoisotopic (exact) mass is 371 g/mol. The maximum atomic E-state index is 12.5. The Morgan fingerprint density at radius 2 is 1.81 bits per heavy atom. The number of pyridine rings is 1. The van der Waals surface area contributed by atoms with Crippen LogP contribution in [0, 0.1) is 0 Å². The van der Waals surface area contributed by atoms with Gasteiger partial charge in [-0.1, -0.05) is 0 Å². The van der Waals surface area contributed by atoms with Gasteiger partial charge in [0.25, 0.3) is 6.43 Å². The molecule has 3 aromatic rings. The lowest BCUT2D eigenvalue weighted by Crippen LogP contribution is -1.98. The fourth-order valence-corrected chi connectivity index (χ4v) is 2.05. The molecule has 0 saturated heterocycles. The van der Waals surface area contributed by atoms with Crippen molar-refractivity contribution in [1.82, 2.24) is 25.1 Å². The molecule has 3 rings (SSSR count). The van der Waals surface area contributed by atoms with Crippen LogP contribution in [-0.2, 0) is 0 Å². The molecule has 0 spiro atoms. The van der Waals surface area contributed by atoms with E-state index in [4.69, 9.17) is 9.47 Å². The number of aromatic nitrogens is 5. The smallest absolute Gasteiger partial charge is 0.316 e. The molecule has 0 bridgehead atoms. The number of hydrogen-bond donors (Lipinski definition) is 0. The van der Waals surface area contributed by atoms with Gasteiger partial charge >= 0.3 is 6.01 Å². The highest BCUT2D eigenvalue weighted by Crippen LogP contribution is 2.18. The first-order valence-corrected chi connectivity index (χ1v) is 7.89. The number of ether oxygens (including phenoxy) is 2. The first-order valence-electron chi connectivity index (χ1n) is 7.89. The van der Waals surface area contributed by atoms with E-state index in [1.54, 1.807) is 36.7 Å². The van der Waals surface area contributed by atoms with Gasteiger partial charge in [-0.15, -0.1) is 10.2 Å². The van der Waals surface area contributed by atoms with E-state index in [-0.39, 0.29) is 18.2 Å². The Bertz CT molecular complexity index is 885. The Hall–Kier alpha value is -3.49. The van der Waals surface area contributed by atoms with Crippen LogP contribution in [0.25, 0.3) is 17.3 Å². The molecular formula is C18H15F2N5O2. The summed E-state index contributed by atoms with van der Waals surface area (Å²) in [4.78, 5) is 12.0. The van der Waals surface area contributed by atoms with Gasteiger partial charge in [0.05, 0.1) is 18.5 Å². The van der Waals surface area contributed by atoms with Crippen LogP contribution in [0.5, 0.6) is 11.9 Å². The van der Waals surface area contributed by atoms with Crippen LogP contribution in [0.15, 0.2) is 48.9 Å². The molecule has 0 saturated carbocycles. The number of hydrogen-bond acceptors (Lipinski definition) is 7. The van der Waals surface area contributed by atoms with Crippen molar-refractivity contribution in [3.8, 4) is 23.1 Å². The molecule has 3 heterocycles. The molecule has 7 nitrogen and oxygen atoms in total. The minimum Gasteiger partial charge on any atom is -0.472 e. The number of methoxy groups -OCH3 is 1. The van der Waals surface area contributed by atoms with Crippen molar-refractivity contribution in [1.29, 1.82) is 0 Å². The van der Waals surface area contributed by atoms with E-state index in [1.807, 2.05) is 0 Å². The molecule has 0 aliphatic carbocycles. The lowest BCUT2D eigenvalue weighted by molar-refractivity contribution is 0.151. The Kier molecular flexibility index (Phi) is 5.93. The summed E-state index contributed by atoms with van der Waals surface area (Å²) in [6.07, 6.45) is 5.18. The van der Waals surface area contributed by atoms with Crippen LogP contribution < -0.4 is 9.47 Å². The van der Waals surface area contributed by atoms with Crippen molar-refractivity contribution in [2.45, 2.75) is 6.43 Å². The molecule has 0 unspecified atom stereocenters. The molecule has 0 fully saturated rings. The summed E-state index contributed by atoms with van der Waals surface area (Å²) in [6, 6.07) is 6.55. The predicted octanol–water partition coefficient (Wildman–Crippen LogP) is 3.37. The Labute approximate surface area is 153 Å². The SMILES string of the molecule is COc1ncc(-c2ccc(OC/C=C\c3ccc(C(F)F)cn3)nn2)cn1. The van der Waals surface area contributed by atoms with Gasteiger partial charge < -0.3 is 9.47 Å². The number of nitrogens with zero attached hydrogens (tertiary/aromatic N) is 5. The molecule has 0 atom stereocenters. The Morgan fingerprint density at radius 1 is 1.00 bits per heavy atom. The molecular weight excluding hydrogens is 356 g/mol. The van der Waals surface area contributed by atoms with Crippen molar-refractivity contribution >= 4 is 6.08 Å². The van der Waals surface area contributed by atoms with E-state index in [0.717, 1.165) is 6.20 Å². The third kappa shape index (κ3) is 5.00. The van der Waals surface area contributed by atoms with Crippen molar-refractivity contribution in [3.05, 3.63) is 60.2 Å².